The molecule has 2 rings (SSSR count). The second kappa shape index (κ2) is 3.90. The summed E-state index contributed by atoms with van der Waals surface area (Å²) in [5.74, 6) is -1.37. The number of amides is 1. The molecule has 0 saturated carbocycles. The molecule has 16 heavy (non-hydrogen) atoms. The quantitative estimate of drug-likeness (QED) is 0.779. The van der Waals surface area contributed by atoms with Gasteiger partial charge in [0.05, 0.1) is 16.8 Å². The number of nitrogen functional groups attached to an aromatic ring is 1. The highest BCUT2D eigenvalue weighted by atomic mass is 32.1. The van der Waals surface area contributed by atoms with Crippen LogP contribution in [-0.4, -0.2) is 10.9 Å². The lowest BCUT2D eigenvalue weighted by Gasteiger charge is -2.07. The van der Waals surface area contributed by atoms with Crippen molar-refractivity contribution in [2.24, 2.45) is 5.73 Å². The zero-order valence-electron chi connectivity index (χ0n) is 8.11. The molecule has 2 aromatic rings. The number of aromatic nitrogens is 1. The second-order valence-corrected chi connectivity index (χ2v) is 3.99. The van der Waals surface area contributed by atoms with Crippen LogP contribution in [0.3, 0.4) is 0 Å². The van der Waals surface area contributed by atoms with Crippen LogP contribution in [0.1, 0.15) is 10.4 Å². The predicted octanol–water partition coefficient (Wildman–Crippen LogP) is 1.63. The van der Waals surface area contributed by atoms with E-state index in [1.165, 1.54) is 29.7 Å². The van der Waals surface area contributed by atoms with Crippen LogP contribution in [0, 0.1) is 5.82 Å². The van der Waals surface area contributed by atoms with Crippen molar-refractivity contribution in [1.82, 2.24) is 4.98 Å². The van der Waals surface area contributed by atoms with Gasteiger partial charge in [-0.1, -0.05) is 0 Å². The molecule has 0 saturated heterocycles. The summed E-state index contributed by atoms with van der Waals surface area (Å²) in [5.41, 5.74) is 10.7. The number of nitrogens with two attached hydrogens (primary N) is 2. The lowest BCUT2D eigenvalue weighted by molar-refractivity contribution is 0.100. The molecule has 0 spiro atoms. The Bertz CT molecular complexity index is 539. The summed E-state index contributed by atoms with van der Waals surface area (Å²) in [7, 11) is 0. The van der Waals surface area contributed by atoms with E-state index in [1.54, 1.807) is 5.38 Å². The Morgan fingerprint density at radius 2 is 2.19 bits per heavy atom. The first-order chi connectivity index (χ1) is 7.61. The summed E-state index contributed by atoms with van der Waals surface area (Å²) < 4.78 is 13.8. The normalized spacial score (nSPS) is 10.3. The standard InChI is InChI=1S/C10H8FN3OS/c11-8-6(12)2-1-5(9(13)15)7(8)10-14-3-4-16-10/h1-4H,12H2,(H2,13,15). The van der Waals surface area contributed by atoms with Crippen molar-refractivity contribution in [1.29, 1.82) is 0 Å². The lowest BCUT2D eigenvalue weighted by atomic mass is 10.1. The molecule has 0 bridgehead atoms. The highest BCUT2D eigenvalue weighted by Gasteiger charge is 2.18. The van der Waals surface area contributed by atoms with E-state index in [-0.39, 0.29) is 16.8 Å². The molecular formula is C10H8FN3OS. The minimum Gasteiger partial charge on any atom is -0.396 e. The maximum absolute atomic E-state index is 13.8. The van der Waals surface area contributed by atoms with Gasteiger partial charge >= 0.3 is 0 Å². The Morgan fingerprint density at radius 3 is 2.75 bits per heavy atom. The molecule has 1 amide bonds. The van der Waals surface area contributed by atoms with Crippen LogP contribution in [0.25, 0.3) is 10.6 Å². The summed E-state index contributed by atoms with van der Waals surface area (Å²) in [6.45, 7) is 0. The van der Waals surface area contributed by atoms with Crippen LogP contribution in [0.5, 0.6) is 0 Å². The van der Waals surface area contributed by atoms with Crippen molar-refractivity contribution in [2.45, 2.75) is 0 Å². The van der Waals surface area contributed by atoms with Gasteiger partial charge in [-0.15, -0.1) is 11.3 Å². The van der Waals surface area contributed by atoms with Crippen LogP contribution < -0.4 is 11.5 Å². The van der Waals surface area contributed by atoms with Crippen molar-refractivity contribution in [3.8, 4) is 10.6 Å². The molecule has 0 fully saturated rings. The zero-order valence-corrected chi connectivity index (χ0v) is 8.92. The summed E-state index contributed by atoms with van der Waals surface area (Å²) in [5, 5.41) is 2.07. The van der Waals surface area contributed by atoms with Crippen molar-refractivity contribution >= 4 is 22.9 Å². The Labute approximate surface area is 94.7 Å². The van der Waals surface area contributed by atoms with Gasteiger partial charge in [0.2, 0.25) is 5.91 Å². The molecule has 1 aromatic carbocycles. The molecule has 0 aliphatic rings. The minimum absolute atomic E-state index is 0.0322. The third kappa shape index (κ3) is 1.63. The maximum Gasteiger partial charge on any atom is 0.249 e. The first-order valence-corrected chi connectivity index (χ1v) is 5.27. The van der Waals surface area contributed by atoms with Crippen LogP contribution in [0.2, 0.25) is 0 Å². The predicted molar refractivity (Wildman–Crippen MR) is 60.4 cm³/mol. The van der Waals surface area contributed by atoms with Crippen molar-refractivity contribution < 1.29 is 9.18 Å². The van der Waals surface area contributed by atoms with Gasteiger partial charge in [-0.2, -0.15) is 0 Å². The number of carbonyl (C=O) groups excluding carboxylic acids is 1. The summed E-state index contributed by atoms with van der Waals surface area (Å²) >= 11 is 1.22. The minimum atomic E-state index is -0.705. The number of carbonyl (C=O) groups is 1. The number of hydrogen-bond donors (Lipinski definition) is 2. The molecule has 1 aromatic heterocycles. The molecule has 1 heterocycles. The Kier molecular flexibility index (Phi) is 2.57. The number of halogens is 1. The molecule has 0 atom stereocenters. The molecule has 0 unspecified atom stereocenters. The van der Waals surface area contributed by atoms with Gasteiger partial charge in [-0.25, -0.2) is 9.37 Å². The topological polar surface area (TPSA) is 82.0 Å². The molecular weight excluding hydrogens is 229 g/mol. The first-order valence-electron chi connectivity index (χ1n) is 4.39. The van der Waals surface area contributed by atoms with E-state index >= 15 is 0 Å². The van der Waals surface area contributed by atoms with E-state index in [0.29, 0.717) is 5.01 Å². The molecule has 4 N–H and O–H groups in total. The zero-order chi connectivity index (χ0) is 11.7. The number of hydrogen-bond acceptors (Lipinski definition) is 4. The smallest absolute Gasteiger partial charge is 0.249 e. The SMILES string of the molecule is NC(=O)c1ccc(N)c(F)c1-c1nccs1. The number of thiazole rings is 1. The largest absolute Gasteiger partial charge is 0.396 e. The fraction of sp³-hybridized carbons (Fsp3) is 0. The van der Waals surface area contributed by atoms with Crippen LogP contribution in [-0.2, 0) is 0 Å². The summed E-state index contributed by atoms with van der Waals surface area (Å²) in [4.78, 5) is 15.1. The molecule has 82 valence electrons. The van der Waals surface area contributed by atoms with Gasteiger partial charge in [-0.3, -0.25) is 4.79 Å². The van der Waals surface area contributed by atoms with Crippen molar-refractivity contribution in [3.05, 3.63) is 35.1 Å². The number of rotatable bonds is 2. The second-order valence-electron chi connectivity index (χ2n) is 3.09. The fourth-order valence-electron chi connectivity index (χ4n) is 1.35. The molecule has 0 radical (unpaired) electrons. The lowest BCUT2D eigenvalue weighted by Crippen LogP contribution is -2.13. The van der Waals surface area contributed by atoms with Gasteiger partial charge < -0.3 is 11.5 Å². The van der Waals surface area contributed by atoms with E-state index in [4.69, 9.17) is 11.5 Å². The molecule has 0 aliphatic carbocycles. The molecule has 4 nitrogen and oxygen atoms in total. The highest BCUT2D eigenvalue weighted by Crippen LogP contribution is 2.31. The van der Waals surface area contributed by atoms with Crippen molar-refractivity contribution in [2.75, 3.05) is 5.73 Å². The third-order valence-electron chi connectivity index (χ3n) is 2.08. The van der Waals surface area contributed by atoms with E-state index in [0.717, 1.165) is 0 Å². The van der Waals surface area contributed by atoms with Gasteiger partial charge in [0, 0.05) is 11.6 Å². The maximum atomic E-state index is 13.8. The monoisotopic (exact) mass is 237 g/mol. The highest BCUT2D eigenvalue weighted by molar-refractivity contribution is 7.13. The Hall–Kier alpha value is -1.95. The number of primary amides is 1. The third-order valence-corrected chi connectivity index (χ3v) is 2.87. The van der Waals surface area contributed by atoms with Gasteiger partial charge in [0.25, 0.3) is 0 Å². The van der Waals surface area contributed by atoms with Gasteiger partial charge in [-0.05, 0) is 12.1 Å². The average Bonchev–Trinajstić information content (AvgIpc) is 2.74. The van der Waals surface area contributed by atoms with E-state index in [9.17, 15) is 9.18 Å². The number of nitrogens with zero attached hydrogens (tertiary/aromatic N) is 1. The van der Waals surface area contributed by atoms with E-state index < -0.39 is 11.7 Å². The first kappa shape index (κ1) is 10.6. The van der Waals surface area contributed by atoms with Gasteiger partial charge in [0.15, 0.2) is 5.82 Å². The van der Waals surface area contributed by atoms with Crippen LogP contribution in [0.15, 0.2) is 23.7 Å². The molecule has 6 heteroatoms. The average molecular weight is 237 g/mol. The summed E-state index contributed by atoms with van der Waals surface area (Å²) in [6, 6.07) is 2.71. The van der Waals surface area contributed by atoms with Gasteiger partial charge in [0.1, 0.15) is 5.01 Å². The number of anilines is 1. The Morgan fingerprint density at radius 1 is 1.44 bits per heavy atom. The summed E-state index contributed by atoms with van der Waals surface area (Å²) in [6.07, 6.45) is 1.52. The number of benzene rings is 1. The van der Waals surface area contributed by atoms with Crippen LogP contribution in [0.4, 0.5) is 10.1 Å². The van der Waals surface area contributed by atoms with E-state index in [2.05, 4.69) is 4.98 Å². The van der Waals surface area contributed by atoms with Crippen molar-refractivity contribution in [3.63, 3.8) is 0 Å². The Balaban J connectivity index is 2.74. The van der Waals surface area contributed by atoms with E-state index in [1.807, 2.05) is 0 Å². The fourth-order valence-corrected chi connectivity index (χ4v) is 2.04. The molecule has 0 aliphatic heterocycles. The van der Waals surface area contributed by atoms with Crippen LogP contribution >= 0.6 is 11.3 Å².